The molecular formula is C18H26N6O. The first-order chi connectivity index (χ1) is 12.3. The summed E-state index contributed by atoms with van der Waals surface area (Å²) in [4.78, 5) is 10.9. The lowest BCUT2D eigenvalue weighted by Gasteiger charge is -2.21. The molecule has 0 spiro atoms. The Hall–Kier alpha value is -2.41. The van der Waals surface area contributed by atoms with E-state index in [-0.39, 0.29) is 0 Å². The number of nitrogens with zero attached hydrogens (tertiary/aromatic N) is 5. The van der Waals surface area contributed by atoms with Crippen molar-refractivity contribution in [3.63, 3.8) is 0 Å². The number of hydrogen-bond donors (Lipinski definition) is 1. The summed E-state index contributed by atoms with van der Waals surface area (Å²) in [5, 5.41) is 7.45. The molecule has 0 amide bonds. The van der Waals surface area contributed by atoms with E-state index in [4.69, 9.17) is 4.74 Å². The minimum absolute atomic E-state index is 0.539. The second-order valence-electron chi connectivity index (χ2n) is 6.30. The summed E-state index contributed by atoms with van der Waals surface area (Å²) in [6.07, 6.45) is 2.69. The van der Waals surface area contributed by atoms with Crippen LogP contribution >= 0.6 is 0 Å². The Kier molecular flexibility index (Phi) is 6.00. The summed E-state index contributed by atoms with van der Waals surface area (Å²) in [7, 11) is 3.71. The molecule has 25 heavy (non-hydrogen) atoms. The highest BCUT2D eigenvalue weighted by molar-refractivity contribution is 5.80. The van der Waals surface area contributed by atoms with Crippen LogP contribution in [0.3, 0.4) is 0 Å². The van der Waals surface area contributed by atoms with Crippen LogP contribution < -0.4 is 5.32 Å². The highest BCUT2D eigenvalue weighted by Gasteiger charge is 2.25. The molecule has 1 atom stereocenters. The molecule has 2 heterocycles. The molecule has 1 fully saturated rings. The smallest absolute Gasteiger partial charge is 0.194 e. The third kappa shape index (κ3) is 4.79. The highest BCUT2D eigenvalue weighted by atomic mass is 16.5. The average molecular weight is 342 g/mol. The molecule has 7 nitrogen and oxygen atoms in total. The van der Waals surface area contributed by atoms with E-state index in [0.717, 1.165) is 37.9 Å². The van der Waals surface area contributed by atoms with Gasteiger partial charge in [0.25, 0.3) is 0 Å². The van der Waals surface area contributed by atoms with Gasteiger partial charge in [0.1, 0.15) is 12.2 Å². The first kappa shape index (κ1) is 17.4. The second kappa shape index (κ2) is 8.62. The number of ether oxygens (including phenoxy) is 1. The van der Waals surface area contributed by atoms with Gasteiger partial charge in [-0.2, -0.15) is 5.10 Å². The number of aryl methyl sites for hydroxylation is 1. The summed E-state index contributed by atoms with van der Waals surface area (Å²) in [6.45, 7) is 4.04. The number of nitrogens with one attached hydrogen (secondary N) is 1. The first-order valence-corrected chi connectivity index (χ1v) is 8.66. The van der Waals surface area contributed by atoms with Gasteiger partial charge in [0.2, 0.25) is 0 Å². The molecule has 1 aliphatic rings. The molecule has 1 aliphatic heterocycles. The van der Waals surface area contributed by atoms with Crippen molar-refractivity contribution in [3.8, 4) is 0 Å². The van der Waals surface area contributed by atoms with Gasteiger partial charge in [-0.25, -0.2) is 4.98 Å². The molecule has 0 aliphatic carbocycles. The van der Waals surface area contributed by atoms with Crippen LogP contribution in [0.4, 0.5) is 0 Å². The normalized spacial score (nSPS) is 17.9. The SMILES string of the molecule is CN=C(NCc1ncnn1C)N1CCC(COCc2ccccc2)C1. The Bertz CT molecular complexity index is 684. The molecule has 1 aromatic heterocycles. The van der Waals surface area contributed by atoms with Gasteiger partial charge < -0.3 is 15.0 Å². The van der Waals surface area contributed by atoms with E-state index in [1.807, 2.05) is 32.3 Å². The Morgan fingerprint density at radius 2 is 2.20 bits per heavy atom. The lowest BCUT2D eigenvalue weighted by Crippen LogP contribution is -2.40. The zero-order valence-corrected chi connectivity index (χ0v) is 14.9. The molecule has 1 N–H and O–H groups in total. The third-order valence-corrected chi connectivity index (χ3v) is 4.47. The minimum Gasteiger partial charge on any atom is -0.376 e. The molecule has 2 aromatic rings. The quantitative estimate of drug-likeness (QED) is 0.635. The van der Waals surface area contributed by atoms with Crippen molar-refractivity contribution in [1.29, 1.82) is 0 Å². The predicted molar refractivity (Wildman–Crippen MR) is 97.0 cm³/mol. The number of aromatic nitrogens is 3. The van der Waals surface area contributed by atoms with E-state index in [0.29, 0.717) is 19.1 Å². The van der Waals surface area contributed by atoms with E-state index >= 15 is 0 Å². The molecule has 1 saturated heterocycles. The van der Waals surface area contributed by atoms with Crippen molar-refractivity contribution < 1.29 is 4.74 Å². The maximum absolute atomic E-state index is 5.89. The number of benzene rings is 1. The number of likely N-dealkylation sites (tertiary alicyclic amines) is 1. The van der Waals surface area contributed by atoms with Crippen LogP contribution in [0.25, 0.3) is 0 Å². The fraction of sp³-hybridized carbons (Fsp3) is 0.500. The Morgan fingerprint density at radius 1 is 1.36 bits per heavy atom. The van der Waals surface area contributed by atoms with Crippen molar-refractivity contribution in [1.82, 2.24) is 25.0 Å². The maximum Gasteiger partial charge on any atom is 0.194 e. The molecule has 0 radical (unpaired) electrons. The highest BCUT2D eigenvalue weighted by Crippen LogP contribution is 2.17. The summed E-state index contributed by atoms with van der Waals surface area (Å²) < 4.78 is 7.66. The fourth-order valence-electron chi connectivity index (χ4n) is 3.05. The summed E-state index contributed by atoms with van der Waals surface area (Å²) in [5.41, 5.74) is 1.22. The van der Waals surface area contributed by atoms with Crippen molar-refractivity contribution in [2.75, 3.05) is 26.7 Å². The summed E-state index contributed by atoms with van der Waals surface area (Å²) >= 11 is 0. The first-order valence-electron chi connectivity index (χ1n) is 8.66. The number of rotatable bonds is 6. The van der Waals surface area contributed by atoms with Crippen molar-refractivity contribution in [3.05, 3.63) is 48.0 Å². The third-order valence-electron chi connectivity index (χ3n) is 4.47. The van der Waals surface area contributed by atoms with E-state index in [9.17, 15) is 0 Å². The van der Waals surface area contributed by atoms with Gasteiger partial charge >= 0.3 is 0 Å². The van der Waals surface area contributed by atoms with E-state index in [1.54, 1.807) is 11.0 Å². The van der Waals surface area contributed by atoms with Crippen LogP contribution in [0.5, 0.6) is 0 Å². The molecule has 1 unspecified atom stereocenters. The minimum atomic E-state index is 0.539. The molecule has 1 aromatic carbocycles. The van der Waals surface area contributed by atoms with Crippen LogP contribution in [-0.2, 0) is 24.9 Å². The van der Waals surface area contributed by atoms with E-state index in [1.165, 1.54) is 5.56 Å². The van der Waals surface area contributed by atoms with Crippen molar-refractivity contribution >= 4 is 5.96 Å². The van der Waals surface area contributed by atoms with Crippen LogP contribution in [0, 0.1) is 5.92 Å². The molecule has 0 saturated carbocycles. The Morgan fingerprint density at radius 3 is 2.92 bits per heavy atom. The number of hydrogen-bond acceptors (Lipinski definition) is 4. The average Bonchev–Trinajstić information content (AvgIpc) is 3.26. The lowest BCUT2D eigenvalue weighted by atomic mass is 10.1. The molecule has 7 heteroatoms. The zero-order chi connectivity index (χ0) is 17.5. The molecular weight excluding hydrogens is 316 g/mol. The number of guanidine groups is 1. The largest absolute Gasteiger partial charge is 0.376 e. The standard InChI is InChI=1S/C18H26N6O/c1-19-18(20-10-17-21-14-22-23(17)2)24-9-8-16(11-24)13-25-12-15-6-4-3-5-7-15/h3-7,14,16H,8-13H2,1-2H3,(H,19,20). The van der Waals surface area contributed by atoms with Crippen LogP contribution in [0.1, 0.15) is 17.8 Å². The topological polar surface area (TPSA) is 67.6 Å². The second-order valence-corrected chi connectivity index (χ2v) is 6.30. The predicted octanol–water partition coefficient (Wildman–Crippen LogP) is 1.43. The monoisotopic (exact) mass is 342 g/mol. The van der Waals surface area contributed by atoms with Gasteiger partial charge in [-0.1, -0.05) is 30.3 Å². The van der Waals surface area contributed by atoms with Gasteiger partial charge in [0.15, 0.2) is 5.96 Å². The molecule has 0 bridgehead atoms. The summed E-state index contributed by atoms with van der Waals surface area (Å²) in [6, 6.07) is 10.3. The summed E-state index contributed by atoms with van der Waals surface area (Å²) in [5.74, 6) is 2.34. The van der Waals surface area contributed by atoms with Gasteiger partial charge in [-0.3, -0.25) is 9.67 Å². The van der Waals surface area contributed by atoms with Gasteiger partial charge in [-0.15, -0.1) is 0 Å². The van der Waals surface area contributed by atoms with Gasteiger partial charge in [0, 0.05) is 33.1 Å². The van der Waals surface area contributed by atoms with Gasteiger partial charge in [0.05, 0.1) is 19.8 Å². The number of aliphatic imine (C=N–C) groups is 1. The Labute approximate surface area is 148 Å². The van der Waals surface area contributed by atoms with Crippen LogP contribution in [0.2, 0.25) is 0 Å². The van der Waals surface area contributed by atoms with Gasteiger partial charge in [-0.05, 0) is 12.0 Å². The molecule has 3 rings (SSSR count). The Balaban J connectivity index is 1.42. The van der Waals surface area contributed by atoms with E-state index < -0.39 is 0 Å². The fourth-order valence-corrected chi connectivity index (χ4v) is 3.05. The maximum atomic E-state index is 5.89. The molecule has 134 valence electrons. The van der Waals surface area contributed by atoms with Crippen molar-refractivity contribution in [2.45, 2.75) is 19.6 Å². The van der Waals surface area contributed by atoms with Crippen LogP contribution in [0.15, 0.2) is 41.7 Å². The zero-order valence-electron chi connectivity index (χ0n) is 14.9. The van der Waals surface area contributed by atoms with Crippen molar-refractivity contribution in [2.24, 2.45) is 18.0 Å². The van der Waals surface area contributed by atoms with Crippen LogP contribution in [-0.4, -0.2) is 52.4 Å². The lowest BCUT2D eigenvalue weighted by molar-refractivity contribution is 0.0906. The van der Waals surface area contributed by atoms with E-state index in [2.05, 4.69) is 37.4 Å².